The first-order chi connectivity index (χ1) is 7.29. The molecule has 1 heteroatoms. The van der Waals surface area contributed by atoms with Crippen molar-refractivity contribution in [1.29, 1.82) is 0 Å². The molecular formula is C14H16O. The van der Waals surface area contributed by atoms with Crippen LogP contribution in [0.15, 0.2) is 36.4 Å². The van der Waals surface area contributed by atoms with Crippen LogP contribution in [-0.4, -0.2) is 5.11 Å². The van der Waals surface area contributed by atoms with E-state index >= 15 is 0 Å². The molecule has 0 unspecified atom stereocenters. The molecule has 0 aliphatic heterocycles. The molecule has 2 aromatic rings. The van der Waals surface area contributed by atoms with Crippen LogP contribution >= 0.6 is 0 Å². The lowest BCUT2D eigenvalue weighted by molar-refractivity contribution is 0.476. The van der Waals surface area contributed by atoms with Crippen LogP contribution in [0.2, 0.25) is 0 Å². The average molecular weight is 200 g/mol. The first kappa shape index (κ1) is 10.0. The van der Waals surface area contributed by atoms with Crippen LogP contribution in [0, 0.1) is 0 Å². The van der Waals surface area contributed by atoms with Gasteiger partial charge in [-0.1, -0.05) is 37.6 Å². The monoisotopic (exact) mass is 200 g/mol. The number of aryl methyl sites for hydroxylation is 1. The van der Waals surface area contributed by atoms with Crippen molar-refractivity contribution in [2.75, 3.05) is 0 Å². The van der Waals surface area contributed by atoms with Crippen LogP contribution in [0.5, 0.6) is 5.75 Å². The van der Waals surface area contributed by atoms with Crippen molar-refractivity contribution in [2.45, 2.75) is 26.2 Å². The smallest absolute Gasteiger partial charge is 0.116 e. The molecule has 0 saturated heterocycles. The van der Waals surface area contributed by atoms with E-state index < -0.39 is 0 Å². The summed E-state index contributed by atoms with van der Waals surface area (Å²) < 4.78 is 0. The summed E-state index contributed by atoms with van der Waals surface area (Å²) in [5.74, 6) is 0.343. The van der Waals surface area contributed by atoms with Gasteiger partial charge in [0, 0.05) is 0 Å². The highest BCUT2D eigenvalue weighted by atomic mass is 16.3. The molecule has 0 radical (unpaired) electrons. The fourth-order valence-electron chi connectivity index (χ4n) is 1.82. The van der Waals surface area contributed by atoms with Gasteiger partial charge in [0.2, 0.25) is 0 Å². The van der Waals surface area contributed by atoms with Crippen molar-refractivity contribution in [3.8, 4) is 5.75 Å². The standard InChI is InChI=1S/C14H16O/c1-2-3-4-11-5-6-12-7-8-14(15)10-13(12)9-11/h5-10,15H,2-4H2,1H3. The second-order valence-corrected chi connectivity index (χ2v) is 3.97. The van der Waals surface area contributed by atoms with Crippen LogP contribution < -0.4 is 0 Å². The van der Waals surface area contributed by atoms with E-state index in [1.165, 1.54) is 23.8 Å². The lowest BCUT2D eigenvalue weighted by Gasteiger charge is -2.03. The van der Waals surface area contributed by atoms with Gasteiger partial charge in [0.05, 0.1) is 0 Å². The van der Waals surface area contributed by atoms with Crippen molar-refractivity contribution in [2.24, 2.45) is 0 Å². The Morgan fingerprint density at radius 2 is 1.80 bits per heavy atom. The van der Waals surface area contributed by atoms with E-state index in [2.05, 4.69) is 25.1 Å². The Kier molecular flexibility index (Phi) is 2.91. The Bertz CT molecular complexity index is 460. The van der Waals surface area contributed by atoms with Crippen LogP contribution in [0.25, 0.3) is 10.8 Å². The Morgan fingerprint density at radius 3 is 2.60 bits per heavy atom. The van der Waals surface area contributed by atoms with E-state index in [4.69, 9.17) is 0 Å². The van der Waals surface area contributed by atoms with Gasteiger partial charge in [-0.2, -0.15) is 0 Å². The molecular weight excluding hydrogens is 184 g/mol. The van der Waals surface area contributed by atoms with Gasteiger partial charge in [0.25, 0.3) is 0 Å². The number of benzene rings is 2. The number of unbranched alkanes of at least 4 members (excludes halogenated alkanes) is 1. The Hall–Kier alpha value is -1.50. The third-order valence-corrected chi connectivity index (χ3v) is 2.71. The maximum Gasteiger partial charge on any atom is 0.116 e. The normalized spacial score (nSPS) is 10.7. The summed E-state index contributed by atoms with van der Waals surface area (Å²) >= 11 is 0. The molecule has 0 aliphatic carbocycles. The Labute approximate surface area is 90.4 Å². The third kappa shape index (κ3) is 2.30. The highest BCUT2D eigenvalue weighted by Gasteiger charge is 1.97. The molecule has 0 heterocycles. The van der Waals surface area contributed by atoms with Crippen molar-refractivity contribution >= 4 is 10.8 Å². The number of rotatable bonds is 3. The van der Waals surface area contributed by atoms with Crippen molar-refractivity contribution in [1.82, 2.24) is 0 Å². The minimum absolute atomic E-state index is 0.343. The number of phenols is 1. The maximum absolute atomic E-state index is 9.40. The molecule has 0 spiro atoms. The quantitative estimate of drug-likeness (QED) is 0.797. The highest BCUT2D eigenvalue weighted by Crippen LogP contribution is 2.21. The molecule has 0 bridgehead atoms. The van der Waals surface area contributed by atoms with E-state index in [0.29, 0.717) is 5.75 Å². The lowest BCUT2D eigenvalue weighted by atomic mass is 10.0. The van der Waals surface area contributed by atoms with Crippen molar-refractivity contribution < 1.29 is 5.11 Å². The van der Waals surface area contributed by atoms with Gasteiger partial charge in [0.15, 0.2) is 0 Å². The topological polar surface area (TPSA) is 20.2 Å². The van der Waals surface area contributed by atoms with Crippen molar-refractivity contribution in [3.05, 3.63) is 42.0 Å². The van der Waals surface area contributed by atoms with Gasteiger partial charge in [-0.05, 0) is 41.3 Å². The molecule has 0 saturated carbocycles. The van der Waals surface area contributed by atoms with E-state index in [-0.39, 0.29) is 0 Å². The largest absolute Gasteiger partial charge is 0.508 e. The summed E-state index contributed by atoms with van der Waals surface area (Å²) in [4.78, 5) is 0. The molecule has 2 aromatic carbocycles. The van der Waals surface area contributed by atoms with E-state index in [9.17, 15) is 5.11 Å². The molecule has 0 aliphatic rings. The zero-order chi connectivity index (χ0) is 10.7. The highest BCUT2D eigenvalue weighted by molar-refractivity contribution is 5.84. The van der Waals surface area contributed by atoms with Gasteiger partial charge < -0.3 is 5.11 Å². The van der Waals surface area contributed by atoms with Crippen LogP contribution in [0.4, 0.5) is 0 Å². The number of aromatic hydroxyl groups is 1. The summed E-state index contributed by atoms with van der Waals surface area (Å²) in [5, 5.41) is 11.7. The number of phenolic OH excluding ortho intramolecular Hbond substituents is 1. The van der Waals surface area contributed by atoms with E-state index in [1.54, 1.807) is 6.07 Å². The van der Waals surface area contributed by atoms with Gasteiger partial charge in [-0.15, -0.1) is 0 Å². The first-order valence-corrected chi connectivity index (χ1v) is 5.51. The van der Waals surface area contributed by atoms with Crippen LogP contribution in [0.3, 0.4) is 0 Å². The fourth-order valence-corrected chi connectivity index (χ4v) is 1.82. The Morgan fingerprint density at radius 1 is 1.00 bits per heavy atom. The summed E-state index contributed by atoms with van der Waals surface area (Å²) in [6.45, 7) is 2.20. The van der Waals surface area contributed by atoms with E-state index in [0.717, 1.165) is 11.8 Å². The number of hydrogen-bond donors (Lipinski definition) is 1. The molecule has 1 nitrogen and oxygen atoms in total. The fraction of sp³-hybridized carbons (Fsp3) is 0.286. The first-order valence-electron chi connectivity index (χ1n) is 5.51. The average Bonchev–Trinajstić information content (AvgIpc) is 2.25. The van der Waals surface area contributed by atoms with Crippen molar-refractivity contribution in [3.63, 3.8) is 0 Å². The predicted octanol–water partition coefficient (Wildman–Crippen LogP) is 3.89. The molecule has 15 heavy (non-hydrogen) atoms. The SMILES string of the molecule is CCCCc1ccc2ccc(O)cc2c1. The second-order valence-electron chi connectivity index (χ2n) is 3.97. The van der Waals surface area contributed by atoms with Gasteiger partial charge >= 0.3 is 0 Å². The molecule has 0 atom stereocenters. The van der Waals surface area contributed by atoms with Gasteiger partial charge in [0.1, 0.15) is 5.75 Å². The third-order valence-electron chi connectivity index (χ3n) is 2.71. The van der Waals surface area contributed by atoms with E-state index in [1.807, 2.05) is 12.1 Å². The molecule has 0 amide bonds. The van der Waals surface area contributed by atoms with Crippen LogP contribution in [0.1, 0.15) is 25.3 Å². The number of hydrogen-bond acceptors (Lipinski definition) is 1. The molecule has 2 rings (SSSR count). The van der Waals surface area contributed by atoms with Gasteiger partial charge in [-0.3, -0.25) is 0 Å². The van der Waals surface area contributed by atoms with Gasteiger partial charge in [-0.25, -0.2) is 0 Å². The Balaban J connectivity index is 2.36. The minimum Gasteiger partial charge on any atom is -0.508 e. The zero-order valence-electron chi connectivity index (χ0n) is 9.03. The second kappa shape index (κ2) is 4.35. The zero-order valence-corrected chi connectivity index (χ0v) is 9.03. The molecule has 1 N–H and O–H groups in total. The summed E-state index contributed by atoms with van der Waals surface area (Å²) in [5.41, 5.74) is 1.36. The summed E-state index contributed by atoms with van der Waals surface area (Å²) in [6.07, 6.45) is 3.57. The number of fused-ring (bicyclic) bond motifs is 1. The maximum atomic E-state index is 9.40. The molecule has 0 aromatic heterocycles. The molecule has 78 valence electrons. The predicted molar refractivity (Wildman–Crippen MR) is 64.2 cm³/mol. The lowest BCUT2D eigenvalue weighted by Crippen LogP contribution is -1.84. The van der Waals surface area contributed by atoms with Crippen LogP contribution in [-0.2, 0) is 6.42 Å². The minimum atomic E-state index is 0.343. The summed E-state index contributed by atoms with van der Waals surface area (Å²) in [7, 11) is 0. The summed E-state index contributed by atoms with van der Waals surface area (Å²) in [6, 6.07) is 12.0. The molecule has 0 fully saturated rings.